The van der Waals surface area contributed by atoms with E-state index in [4.69, 9.17) is 16.2 Å². The molecule has 0 aliphatic heterocycles. The summed E-state index contributed by atoms with van der Waals surface area (Å²) in [6.07, 6.45) is 0.319. The number of carbonyl (C=O) groups excluding carboxylic acids is 1. The van der Waals surface area contributed by atoms with E-state index in [9.17, 15) is 9.90 Å². The summed E-state index contributed by atoms with van der Waals surface area (Å²) in [4.78, 5) is 16.5. The summed E-state index contributed by atoms with van der Waals surface area (Å²) in [7, 11) is 1.29. The van der Waals surface area contributed by atoms with Crippen molar-refractivity contribution in [1.82, 2.24) is 14.8 Å². The van der Waals surface area contributed by atoms with Crippen molar-refractivity contribution in [2.24, 2.45) is 5.73 Å². The molecule has 10 heteroatoms. The Morgan fingerprint density at radius 1 is 1.12 bits per heavy atom. The molecule has 5 N–H and O–H groups in total. The van der Waals surface area contributed by atoms with E-state index >= 15 is 8.78 Å². The molecule has 0 radical (unpaired) electrons. The van der Waals surface area contributed by atoms with Gasteiger partial charge in [0.15, 0.2) is 17.4 Å². The third kappa shape index (κ3) is 3.26. The molecular weight excluding hydrogens is 444 g/mol. The number of rotatable bonds is 5. The molecule has 2 heterocycles. The minimum absolute atomic E-state index is 0.00600. The van der Waals surface area contributed by atoms with Crippen LogP contribution in [0.15, 0.2) is 42.5 Å². The zero-order valence-corrected chi connectivity index (χ0v) is 18.1. The van der Waals surface area contributed by atoms with E-state index in [2.05, 4.69) is 10.1 Å². The van der Waals surface area contributed by atoms with Gasteiger partial charge >= 0.3 is 0 Å². The standard InChI is InChI=1S/C24H21F2N5O3/c1-34-22-15-8-7-14(17(25)21(15)29-19(18(22)26)11-5-3-2-4-6-11)20-16(24(28)33)23(27)31(30-20)12-9-13(32)10-12/h2-8,12-13,32H,9-10,27H2,1H3,(H2,28,33). The maximum absolute atomic E-state index is 15.9. The predicted molar refractivity (Wildman–Crippen MR) is 122 cm³/mol. The first-order valence-electron chi connectivity index (χ1n) is 10.6. The summed E-state index contributed by atoms with van der Waals surface area (Å²) in [5.41, 5.74) is 11.7. The van der Waals surface area contributed by atoms with Crippen LogP contribution in [-0.4, -0.2) is 39.0 Å². The van der Waals surface area contributed by atoms with Gasteiger partial charge in [0, 0.05) is 16.5 Å². The number of aromatic nitrogens is 3. The van der Waals surface area contributed by atoms with Crippen molar-refractivity contribution < 1.29 is 23.4 Å². The summed E-state index contributed by atoms with van der Waals surface area (Å²) in [5.74, 6) is -2.57. The van der Waals surface area contributed by atoms with Crippen LogP contribution in [0.4, 0.5) is 14.6 Å². The van der Waals surface area contributed by atoms with Crippen LogP contribution in [0.3, 0.4) is 0 Å². The number of nitrogens with two attached hydrogens (primary N) is 2. The van der Waals surface area contributed by atoms with Crippen molar-refractivity contribution in [2.45, 2.75) is 25.0 Å². The van der Waals surface area contributed by atoms with E-state index < -0.39 is 23.6 Å². The second kappa shape index (κ2) is 8.07. The van der Waals surface area contributed by atoms with Crippen LogP contribution < -0.4 is 16.2 Å². The molecule has 1 saturated carbocycles. The lowest BCUT2D eigenvalue weighted by Gasteiger charge is -2.32. The molecule has 5 rings (SSSR count). The molecule has 0 unspecified atom stereocenters. The second-order valence-corrected chi connectivity index (χ2v) is 8.19. The minimum atomic E-state index is -0.868. The fourth-order valence-corrected chi connectivity index (χ4v) is 4.33. The quantitative estimate of drug-likeness (QED) is 0.414. The largest absolute Gasteiger partial charge is 0.493 e. The Morgan fingerprint density at radius 3 is 2.44 bits per heavy atom. The number of primary amides is 1. The maximum Gasteiger partial charge on any atom is 0.254 e. The first kappa shape index (κ1) is 21.8. The lowest BCUT2D eigenvalue weighted by Crippen LogP contribution is -2.32. The molecule has 1 amide bonds. The third-order valence-electron chi connectivity index (χ3n) is 6.13. The highest BCUT2D eigenvalue weighted by molar-refractivity contribution is 6.04. The first-order chi connectivity index (χ1) is 16.3. The van der Waals surface area contributed by atoms with Crippen molar-refractivity contribution in [1.29, 1.82) is 0 Å². The maximum atomic E-state index is 15.9. The number of benzene rings is 2. The van der Waals surface area contributed by atoms with Crippen LogP contribution in [0.1, 0.15) is 29.2 Å². The molecule has 2 aromatic carbocycles. The van der Waals surface area contributed by atoms with E-state index in [-0.39, 0.29) is 51.0 Å². The number of hydrogen-bond acceptors (Lipinski definition) is 6. The Balaban J connectivity index is 1.75. The van der Waals surface area contributed by atoms with Gasteiger partial charge in [-0.25, -0.2) is 18.4 Å². The van der Waals surface area contributed by atoms with E-state index in [0.29, 0.717) is 18.4 Å². The van der Waals surface area contributed by atoms with Gasteiger partial charge in [-0.1, -0.05) is 30.3 Å². The molecule has 174 valence electrons. The highest BCUT2D eigenvalue weighted by Crippen LogP contribution is 2.41. The number of carbonyl (C=O) groups is 1. The molecule has 0 atom stereocenters. The number of ether oxygens (including phenoxy) is 1. The Kier molecular flexibility index (Phi) is 5.17. The van der Waals surface area contributed by atoms with Gasteiger partial charge < -0.3 is 21.3 Å². The van der Waals surface area contributed by atoms with E-state index in [0.717, 1.165) is 0 Å². The molecular formula is C24H21F2N5O3. The van der Waals surface area contributed by atoms with Gasteiger partial charge in [-0.05, 0) is 25.0 Å². The average molecular weight is 465 g/mol. The van der Waals surface area contributed by atoms with Gasteiger partial charge in [0.05, 0.1) is 19.3 Å². The number of nitrogen functional groups attached to an aromatic ring is 1. The number of anilines is 1. The predicted octanol–water partition coefficient (Wildman–Crippen LogP) is 3.43. The van der Waals surface area contributed by atoms with Crippen molar-refractivity contribution in [3.05, 3.63) is 59.7 Å². The minimum Gasteiger partial charge on any atom is -0.493 e. The van der Waals surface area contributed by atoms with Gasteiger partial charge in [0.25, 0.3) is 5.91 Å². The second-order valence-electron chi connectivity index (χ2n) is 8.19. The lowest BCUT2D eigenvalue weighted by molar-refractivity contribution is 0.0445. The lowest BCUT2D eigenvalue weighted by atomic mass is 9.90. The van der Waals surface area contributed by atoms with Crippen LogP contribution in [0.5, 0.6) is 5.75 Å². The van der Waals surface area contributed by atoms with Gasteiger partial charge in [-0.2, -0.15) is 5.10 Å². The highest BCUT2D eigenvalue weighted by atomic mass is 19.1. The fourth-order valence-electron chi connectivity index (χ4n) is 4.33. The molecule has 0 saturated heterocycles. The third-order valence-corrected chi connectivity index (χ3v) is 6.13. The summed E-state index contributed by atoms with van der Waals surface area (Å²) < 4.78 is 37.8. The fraction of sp³-hybridized carbons (Fsp3) is 0.208. The van der Waals surface area contributed by atoms with Crippen LogP contribution in [0.2, 0.25) is 0 Å². The summed E-state index contributed by atoms with van der Waals surface area (Å²) >= 11 is 0. The molecule has 1 aliphatic rings. The van der Waals surface area contributed by atoms with Crippen molar-refractivity contribution in [3.63, 3.8) is 0 Å². The molecule has 1 fully saturated rings. The number of fused-ring (bicyclic) bond motifs is 1. The van der Waals surface area contributed by atoms with Gasteiger partial charge in [0.1, 0.15) is 28.3 Å². The zero-order valence-electron chi connectivity index (χ0n) is 18.1. The molecule has 4 aromatic rings. The van der Waals surface area contributed by atoms with Gasteiger partial charge in [-0.15, -0.1) is 0 Å². The number of aliphatic hydroxyl groups excluding tert-OH is 1. The number of halogens is 2. The van der Waals surface area contributed by atoms with Crippen molar-refractivity contribution in [3.8, 4) is 28.3 Å². The number of hydrogen-bond donors (Lipinski definition) is 3. The number of pyridine rings is 1. The van der Waals surface area contributed by atoms with Crippen LogP contribution in [0.25, 0.3) is 33.4 Å². The number of methoxy groups -OCH3 is 1. The van der Waals surface area contributed by atoms with Crippen LogP contribution in [-0.2, 0) is 0 Å². The van der Waals surface area contributed by atoms with Crippen LogP contribution in [0, 0.1) is 11.6 Å². The average Bonchev–Trinajstić information content (AvgIpc) is 3.14. The van der Waals surface area contributed by atoms with Crippen molar-refractivity contribution in [2.75, 3.05) is 12.8 Å². The Bertz CT molecular complexity index is 1430. The van der Waals surface area contributed by atoms with Crippen molar-refractivity contribution >= 4 is 22.6 Å². The summed E-state index contributed by atoms with van der Waals surface area (Å²) in [6, 6.07) is 11.1. The van der Waals surface area contributed by atoms with E-state index in [1.54, 1.807) is 30.3 Å². The van der Waals surface area contributed by atoms with Gasteiger partial charge in [-0.3, -0.25) is 4.79 Å². The Labute approximate surface area is 192 Å². The van der Waals surface area contributed by atoms with E-state index in [1.165, 1.54) is 23.9 Å². The number of nitrogens with zero attached hydrogens (tertiary/aromatic N) is 3. The Hall–Kier alpha value is -4.05. The topological polar surface area (TPSA) is 129 Å². The normalized spacial score (nSPS) is 17.5. The molecule has 2 aromatic heterocycles. The molecule has 1 aliphatic carbocycles. The first-order valence-corrected chi connectivity index (χ1v) is 10.6. The molecule has 8 nitrogen and oxygen atoms in total. The number of aliphatic hydroxyl groups is 1. The SMILES string of the molecule is COc1c(F)c(-c2ccccc2)nc2c(F)c(-c3nn(C4CC(O)C4)c(N)c3C(N)=O)ccc12. The van der Waals surface area contributed by atoms with Gasteiger partial charge in [0.2, 0.25) is 0 Å². The molecule has 34 heavy (non-hydrogen) atoms. The zero-order chi connectivity index (χ0) is 24.1. The smallest absolute Gasteiger partial charge is 0.254 e. The monoisotopic (exact) mass is 465 g/mol. The Morgan fingerprint density at radius 2 is 1.82 bits per heavy atom. The van der Waals surface area contributed by atoms with Crippen LogP contribution >= 0.6 is 0 Å². The summed E-state index contributed by atoms with van der Waals surface area (Å²) in [6.45, 7) is 0. The number of amides is 1. The molecule has 0 bridgehead atoms. The highest BCUT2D eigenvalue weighted by Gasteiger charge is 2.34. The molecule has 0 spiro atoms. The summed E-state index contributed by atoms with van der Waals surface area (Å²) in [5, 5.41) is 14.1. The van der Waals surface area contributed by atoms with E-state index in [1.807, 2.05) is 0 Å².